The summed E-state index contributed by atoms with van der Waals surface area (Å²) >= 11 is 1.67. The van der Waals surface area contributed by atoms with Crippen molar-refractivity contribution >= 4 is 29.5 Å². The van der Waals surface area contributed by atoms with E-state index in [1.54, 1.807) is 16.7 Å². The molecule has 1 spiro atoms. The van der Waals surface area contributed by atoms with E-state index in [0.29, 0.717) is 13.0 Å². The molecule has 0 saturated carbocycles. The number of carbonyl (C=O) groups excluding carboxylic acids is 3. The summed E-state index contributed by atoms with van der Waals surface area (Å²) in [6, 6.07) is 8.55. The summed E-state index contributed by atoms with van der Waals surface area (Å²) in [7, 11) is 0. The molecule has 3 aliphatic heterocycles. The second-order valence-electron chi connectivity index (χ2n) is 12.2. The van der Waals surface area contributed by atoms with Crippen LogP contribution in [0, 0.1) is 23.7 Å². The van der Waals surface area contributed by atoms with Gasteiger partial charge in [-0.3, -0.25) is 14.4 Å². The van der Waals surface area contributed by atoms with Gasteiger partial charge in [-0.05, 0) is 51.0 Å². The van der Waals surface area contributed by atoms with Crippen LogP contribution >= 0.6 is 11.8 Å². The van der Waals surface area contributed by atoms with Gasteiger partial charge in [-0.25, -0.2) is 0 Å². The molecule has 1 aromatic rings. The van der Waals surface area contributed by atoms with Crippen molar-refractivity contribution in [3.05, 3.63) is 35.9 Å². The number of fused-ring (bicyclic) bond motifs is 1. The molecule has 1 aromatic carbocycles. The zero-order valence-electron chi connectivity index (χ0n) is 22.3. The number of benzene rings is 1. The van der Waals surface area contributed by atoms with Crippen LogP contribution in [-0.4, -0.2) is 62.0 Å². The number of nitrogens with zero attached hydrogens (tertiary/aromatic N) is 1. The number of amides is 3. The van der Waals surface area contributed by atoms with Crippen molar-refractivity contribution in [2.75, 3.05) is 6.61 Å². The first-order chi connectivity index (χ1) is 16.9. The molecule has 0 radical (unpaired) electrons. The highest BCUT2D eigenvalue weighted by atomic mass is 32.2. The number of aliphatic hydroxyl groups excluding tert-OH is 1. The van der Waals surface area contributed by atoms with Crippen LogP contribution in [0.15, 0.2) is 30.3 Å². The molecule has 3 unspecified atom stereocenters. The van der Waals surface area contributed by atoms with Crippen LogP contribution < -0.4 is 10.6 Å². The minimum atomic E-state index is -0.720. The highest BCUT2D eigenvalue weighted by Gasteiger charge is 2.76. The molecule has 0 aromatic heterocycles. The van der Waals surface area contributed by atoms with Crippen LogP contribution in [0.3, 0.4) is 0 Å². The summed E-state index contributed by atoms with van der Waals surface area (Å²) in [5.41, 5.74) is 0.536. The number of nitrogens with one attached hydrogen (secondary N) is 2. The second-order valence-corrected chi connectivity index (χ2v) is 13.8. The number of rotatable bonds is 8. The van der Waals surface area contributed by atoms with E-state index in [1.807, 2.05) is 51.1 Å². The van der Waals surface area contributed by atoms with Crippen LogP contribution in [0.5, 0.6) is 0 Å². The SMILES string of the molecule is CC(C)C[C@H](CO)N1C(=O)[C@@H]2[C@@H](C(=O)NCc3ccccc3)[C@H]3CC(C)C2(S3)C1C(=O)NC(C)(C)C. The molecule has 8 heteroatoms. The zero-order chi connectivity index (χ0) is 26.4. The van der Waals surface area contributed by atoms with Gasteiger partial charge in [0, 0.05) is 17.3 Å². The number of hydrogen-bond donors (Lipinski definition) is 3. The Morgan fingerprint density at radius 2 is 1.86 bits per heavy atom. The Morgan fingerprint density at radius 1 is 1.19 bits per heavy atom. The number of likely N-dealkylation sites (tertiary alicyclic amines) is 1. The second kappa shape index (κ2) is 10.0. The lowest BCUT2D eigenvalue weighted by Gasteiger charge is -2.41. The molecular formula is C28H41N3O4S. The average Bonchev–Trinajstić information content (AvgIpc) is 3.39. The van der Waals surface area contributed by atoms with Crippen LogP contribution in [0.25, 0.3) is 0 Å². The Labute approximate surface area is 219 Å². The standard InChI is InChI=1S/C28H41N3O4S/c1-16(2)12-19(15-32)31-23(25(34)30-27(4,5)6)28-17(3)13-20(36-28)21(22(28)26(31)35)24(33)29-14-18-10-8-7-9-11-18/h7-11,16-17,19-23,32H,12-15H2,1-6H3,(H,29,33)(H,30,34)/t17?,19-,20-,21+,22+,23?,28?/m1/s1. The van der Waals surface area contributed by atoms with E-state index in [9.17, 15) is 19.5 Å². The Morgan fingerprint density at radius 3 is 2.44 bits per heavy atom. The van der Waals surface area contributed by atoms with Crippen LogP contribution in [0.4, 0.5) is 0 Å². The van der Waals surface area contributed by atoms with Gasteiger partial charge in [0.25, 0.3) is 0 Å². The summed E-state index contributed by atoms with van der Waals surface area (Å²) < 4.78 is -0.684. The summed E-state index contributed by atoms with van der Waals surface area (Å²) in [4.78, 5) is 43.3. The Balaban J connectivity index is 1.70. The summed E-state index contributed by atoms with van der Waals surface area (Å²) in [6.07, 6.45) is 1.39. The fourth-order valence-corrected chi connectivity index (χ4v) is 9.02. The molecule has 7 nitrogen and oxygen atoms in total. The van der Waals surface area contributed by atoms with Gasteiger partial charge in [-0.15, -0.1) is 11.8 Å². The van der Waals surface area contributed by atoms with Gasteiger partial charge in [-0.1, -0.05) is 51.1 Å². The third-order valence-corrected chi connectivity index (χ3v) is 9.97. The predicted octanol–water partition coefficient (Wildman–Crippen LogP) is 2.96. The molecule has 3 fully saturated rings. The highest BCUT2D eigenvalue weighted by molar-refractivity contribution is 8.02. The average molecular weight is 516 g/mol. The van der Waals surface area contributed by atoms with Gasteiger partial charge < -0.3 is 20.6 Å². The fourth-order valence-electron chi connectivity index (χ4n) is 6.61. The predicted molar refractivity (Wildman–Crippen MR) is 142 cm³/mol. The maximum atomic E-state index is 14.2. The molecular weight excluding hydrogens is 474 g/mol. The van der Waals surface area contributed by atoms with E-state index in [2.05, 4.69) is 31.4 Å². The number of carbonyl (C=O) groups is 3. The van der Waals surface area contributed by atoms with E-state index in [-0.39, 0.29) is 41.4 Å². The molecule has 4 rings (SSSR count). The molecule has 2 bridgehead atoms. The fraction of sp³-hybridized carbons (Fsp3) is 0.679. The lowest BCUT2D eigenvalue weighted by atomic mass is 9.65. The van der Waals surface area contributed by atoms with Crippen molar-refractivity contribution in [2.24, 2.45) is 23.7 Å². The van der Waals surface area contributed by atoms with Crippen molar-refractivity contribution in [1.29, 1.82) is 0 Å². The van der Waals surface area contributed by atoms with Crippen molar-refractivity contribution < 1.29 is 19.5 Å². The van der Waals surface area contributed by atoms with Crippen LogP contribution in [0.2, 0.25) is 0 Å². The van der Waals surface area contributed by atoms with E-state index >= 15 is 0 Å². The van der Waals surface area contributed by atoms with E-state index in [4.69, 9.17) is 0 Å². The molecule has 3 amide bonds. The minimum Gasteiger partial charge on any atom is -0.394 e. The Bertz CT molecular complexity index is 994. The van der Waals surface area contributed by atoms with E-state index in [1.165, 1.54) is 0 Å². The summed E-state index contributed by atoms with van der Waals surface area (Å²) in [5, 5.41) is 16.5. The van der Waals surface area contributed by atoms with Crippen molar-refractivity contribution in [1.82, 2.24) is 15.5 Å². The van der Waals surface area contributed by atoms with Crippen molar-refractivity contribution in [3.63, 3.8) is 0 Å². The van der Waals surface area contributed by atoms with E-state index < -0.39 is 34.2 Å². The topological polar surface area (TPSA) is 98.7 Å². The Kier molecular flexibility index (Phi) is 7.50. The first-order valence-corrected chi connectivity index (χ1v) is 14.0. The van der Waals surface area contributed by atoms with Crippen molar-refractivity contribution in [3.8, 4) is 0 Å². The maximum absolute atomic E-state index is 14.2. The summed E-state index contributed by atoms with van der Waals surface area (Å²) in [5.74, 6) is -1.20. The quantitative estimate of drug-likeness (QED) is 0.495. The molecule has 198 valence electrons. The highest BCUT2D eigenvalue weighted by Crippen LogP contribution is 2.68. The first-order valence-electron chi connectivity index (χ1n) is 13.1. The van der Waals surface area contributed by atoms with Crippen LogP contribution in [-0.2, 0) is 20.9 Å². The maximum Gasteiger partial charge on any atom is 0.244 e. The number of thioether (sulfide) groups is 1. The zero-order valence-corrected chi connectivity index (χ0v) is 23.1. The lowest BCUT2D eigenvalue weighted by Crippen LogP contribution is -2.61. The third-order valence-electron chi connectivity index (χ3n) is 7.89. The first kappa shape index (κ1) is 27.0. The van der Waals surface area contributed by atoms with Gasteiger partial charge in [0.05, 0.1) is 29.2 Å². The van der Waals surface area contributed by atoms with Gasteiger partial charge in [0.1, 0.15) is 6.04 Å². The monoisotopic (exact) mass is 515 g/mol. The van der Waals surface area contributed by atoms with Gasteiger partial charge in [-0.2, -0.15) is 0 Å². The lowest BCUT2D eigenvalue weighted by molar-refractivity contribution is -0.143. The molecule has 36 heavy (non-hydrogen) atoms. The van der Waals surface area contributed by atoms with Gasteiger partial charge >= 0.3 is 0 Å². The smallest absolute Gasteiger partial charge is 0.244 e. The van der Waals surface area contributed by atoms with Crippen molar-refractivity contribution in [2.45, 2.75) is 88.5 Å². The molecule has 0 aliphatic carbocycles. The third kappa shape index (κ3) is 4.67. The number of hydrogen-bond acceptors (Lipinski definition) is 5. The largest absolute Gasteiger partial charge is 0.394 e. The van der Waals surface area contributed by atoms with Gasteiger partial charge in [0.15, 0.2) is 0 Å². The molecule has 3 aliphatic rings. The normalized spacial score (nSPS) is 32.1. The minimum absolute atomic E-state index is 0.00511. The molecule has 3 saturated heterocycles. The van der Waals surface area contributed by atoms with Crippen LogP contribution in [0.1, 0.15) is 59.9 Å². The summed E-state index contributed by atoms with van der Waals surface area (Å²) in [6.45, 7) is 12.2. The Hall–Kier alpha value is -2.06. The van der Waals surface area contributed by atoms with E-state index in [0.717, 1.165) is 12.0 Å². The number of aliphatic hydroxyl groups is 1. The van der Waals surface area contributed by atoms with Gasteiger partial charge in [0.2, 0.25) is 17.7 Å². The molecule has 3 N–H and O–H groups in total. The molecule has 3 heterocycles. The molecule has 7 atom stereocenters.